The van der Waals surface area contributed by atoms with Crippen LogP contribution < -0.4 is 9.88 Å². The number of rotatable bonds is 5. The Kier molecular flexibility index (Phi) is 5.21. The van der Waals surface area contributed by atoms with Crippen molar-refractivity contribution in [3.63, 3.8) is 0 Å². The number of hydrogen-bond acceptors (Lipinski definition) is 5. The summed E-state index contributed by atoms with van der Waals surface area (Å²) in [4.78, 5) is 2.41. The summed E-state index contributed by atoms with van der Waals surface area (Å²) in [5.41, 5.74) is 0.740. The van der Waals surface area contributed by atoms with Crippen LogP contribution in [0.5, 0.6) is 5.75 Å². The molecule has 1 heterocycles. The number of morpholine rings is 1. The van der Waals surface area contributed by atoms with Gasteiger partial charge in [-0.2, -0.15) is 0 Å². The average molecular weight is 314 g/mol. The highest BCUT2D eigenvalue weighted by Gasteiger charge is 2.20. The van der Waals surface area contributed by atoms with Gasteiger partial charge in [0.25, 0.3) is 0 Å². The van der Waals surface area contributed by atoms with E-state index < -0.39 is 10.0 Å². The maximum atomic E-state index is 11.3. The van der Waals surface area contributed by atoms with Gasteiger partial charge >= 0.3 is 0 Å². The van der Waals surface area contributed by atoms with Crippen LogP contribution in [0.15, 0.2) is 23.1 Å². The SMILES string of the molecule is CCN1CCOC(COc2ccc(S(N)(=O)=O)cc2C)C1. The van der Waals surface area contributed by atoms with E-state index in [0.717, 1.165) is 25.2 Å². The zero-order chi connectivity index (χ0) is 15.5. The molecule has 2 rings (SSSR count). The number of hydrogen-bond donors (Lipinski definition) is 1. The first-order valence-corrected chi connectivity index (χ1v) is 8.55. The lowest BCUT2D eigenvalue weighted by Gasteiger charge is -2.31. The average Bonchev–Trinajstić information content (AvgIpc) is 2.45. The van der Waals surface area contributed by atoms with Crippen LogP contribution in [0, 0.1) is 6.92 Å². The first kappa shape index (κ1) is 16.2. The molecule has 7 heteroatoms. The number of sulfonamides is 1. The molecule has 1 aromatic carbocycles. The number of nitrogens with zero attached hydrogens (tertiary/aromatic N) is 1. The minimum absolute atomic E-state index is 0.0380. The summed E-state index contributed by atoms with van der Waals surface area (Å²) in [7, 11) is -3.68. The van der Waals surface area contributed by atoms with Crippen molar-refractivity contribution in [1.29, 1.82) is 0 Å². The topological polar surface area (TPSA) is 81.9 Å². The predicted octanol–water partition coefficient (Wildman–Crippen LogP) is 0.742. The molecule has 118 valence electrons. The highest BCUT2D eigenvalue weighted by Crippen LogP contribution is 2.21. The van der Waals surface area contributed by atoms with E-state index in [1.165, 1.54) is 12.1 Å². The smallest absolute Gasteiger partial charge is 0.238 e. The van der Waals surface area contributed by atoms with Gasteiger partial charge in [0.2, 0.25) is 10.0 Å². The molecule has 1 aliphatic rings. The molecule has 1 aliphatic heterocycles. The van der Waals surface area contributed by atoms with Gasteiger partial charge in [0.1, 0.15) is 18.5 Å². The van der Waals surface area contributed by atoms with Crippen molar-refractivity contribution in [3.8, 4) is 5.75 Å². The maximum Gasteiger partial charge on any atom is 0.238 e. The van der Waals surface area contributed by atoms with Crippen LogP contribution in [-0.4, -0.2) is 52.3 Å². The van der Waals surface area contributed by atoms with E-state index in [9.17, 15) is 8.42 Å². The number of aryl methyl sites for hydroxylation is 1. The van der Waals surface area contributed by atoms with Crippen LogP contribution in [0.1, 0.15) is 12.5 Å². The normalized spacial score (nSPS) is 20.4. The van der Waals surface area contributed by atoms with Crippen LogP contribution in [0.2, 0.25) is 0 Å². The quantitative estimate of drug-likeness (QED) is 0.867. The van der Waals surface area contributed by atoms with Gasteiger partial charge in [-0.25, -0.2) is 13.6 Å². The van der Waals surface area contributed by atoms with Crippen LogP contribution in [0.3, 0.4) is 0 Å². The minimum atomic E-state index is -3.68. The second-order valence-corrected chi connectivity index (χ2v) is 6.73. The molecule has 0 aromatic heterocycles. The molecule has 0 amide bonds. The van der Waals surface area contributed by atoms with Gasteiger partial charge in [0, 0.05) is 13.1 Å². The highest BCUT2D eigenvalue weighted by atomic mass is 32.2. The Labute approximate surface area is 125 Å². The molecular weight excluding hydrogens is 292 g/mol. The van der Waals surface area contributed by atoms with E-state index in [-0.39, 0.29) is 11.0 Å². The number of likely N-dealkylation sites (N-methyl/N-ethyl adjacent to an activating group) is 1. The number of nitrogens with two attached hydrogens (primary N) is 1. The fourth-order valence-corrected chi connectivity index (χ4v) is 2.91. The summed E-state index contributed by atoms with van der Waals surface area (Å²) in [6.07, 6.45) is 0.0380. The second kappa shape index (κ2) is 6.74. The summed E-state index contributed by atoms with van der Waals surface area (Å²) < 4.78 is 34.0. The number of benzene rings is 1. The third-order valence-electron chi connectivity index (χ3n) is 3.57. The Hall–Kier alpha value is -1.15. The third kappa shape index (κ3) is 4.41. The van der Waals surface area contributed by atoms with Crippen LogP contribution in [0.25, 0.3) is 0 Å². The van der Waals surface area contributed by atoms with Crippen molar-refractivity contribution >= 4 is 10.0 Å². The summed E-state index contributed by atoms with van der Waals surface area (Å²) in [5.74, 6) is 0.652. The molecule has 0 saturated carbocycles. The Morgan fingerprint density at radius 1 is 1.48 bits per heavy atom. The van der Waals surface area contributed by atoms with Gasteiger partial charge in [0.15, 0.2) is 0 Å². The summed E-state index contributed by atoms with van der Waals surface area (Å²) in [6.45, 7) is 7.89. The Balaban J connectivity index is 1.97. The summed E-state index contributed by atoms with van der Waals surface area (Å²) in [6, 6.07) is 4.61. The minimum Gasteiger partial charge on any atom is -0.491 e. The van der Waals surface area contributed by atoms with E-state index in [0.29, 0.717) is 19.0 Å². The first-order chi connectivity index (χ1) is 9.90. The van der Waals surface area contributed by atoms with E-state index in [2.05, 4.69) is 11.8 Å². The Bertz CT molecular complexity index is 589. The summed E-state index contributed by atoms with van der Waals surface area (Å²) >= 11 is 0. The predicted molar refractivity (Wildman–Crippen MR) is 79.9 cm³/mol. The molecular formula is C14H22N2O4S. The molecule has 1 unspecified atom stereocenters. The third-order valence-corrected chi connectivity index (χ3v) is 4.48. The number of ether oxygens (including phenoxy) is 2. The second-order valence-electron chi connectivity index (χ2n) is 5.17. The standard InChI is InChI=1S/C14H22N2O4S/c1-3-16-6-7-19-12(9-16)10-20-14-5-4-13(8-11(14)2)21(15,17)18/h4-5,8,12H,3,6-7,9-10H2,1-2H3,(H2,15,17,18). The molecule has 1 atom stereocenters. The van der Waals surface area contributed by atoms with Gasteiger partial charge < -0.3 is 9.47 Å². The van der Waals surface area contributed by atoms with Crippen molar-refractivity contribution in [3.05, 3.63) is 23.8 Å². The van der Waals surface area contributed by atoms with Gasteiger partial charge in [-0.1, -0.05) is 6.92 Å². The lowest BCUT2D eigenvalue weighted by molar-refractivity contribution is -0.0464. The molecule has 0 spiro atoms. The molecule has 1 aromatic rings. The van der Waals surface area contributed by atoms with Crippen LogP contribution in [-0.2, 0) is 14.8 Å². The molecule has 21 heavy (non-hydrogen) atoms. The van der Waals surface area contributed by atoms with Crippen LogP contribution >= 0.6 is 0 Å². The zero-order valence-electron chi connectivity index (χ0n) is 12.4. The maximum absolute atomic E-state index is 11.3. The molecule has 2 N–H and O–H groups in total. The molecule has 0 bridgehead atoms. The van der Waals surface area contributed by atoms with E-state index >= 15 is 0 Å². The zero-order valence-corrected chi connectivity index (χ0v) is 13.2. The largest absolute Gasteiger partial charge is 0.491 e. The van der Waals surface area contributed by atoms with E-state index in [1.54, 1.807) is 13.0 Å². The lowest BCUT2D eigenvalue weighted by Crippen LogP contribution is -2.44. The van der Waals surface area contributed by atoms with E-state index in [1.807, 2.05) is 0 Å². The lowest BCUT2D eigenvalue weighted by atomic mass is 10.2. The van der Waals surface area contributed by atoms with Gasteiger partial charge in [-0.15, -0.1) is 0 Å². The molecule has 0 aliphatic carbocycles. The van der Waals surface area contributed by atoms with Crippen molar-refractivity contribution in [1.82, 2.24) is 4.90 Å². The van der Waals surface area contributed by atoms with Gasteiger partial charge in [0.05, 0.1) is 11.5 Å². The summed E-state index contributed by atoms with van der Waals surface area (Å²) in [5, 5.41) is 5.10. The van der Waals surface area contributed by atoms with Crippen LogP contribution in [0.4, 0.5) is 0 Å². The molecule has 0 radical (unpaired) electrons. The molecule has 1 saturated heterocycles. The monoisotopic (exact) mass is 314 g/mol. The van der Waals surface area contributed by atoms with E-state index in [4.69, 9.17) is 14.6 Å². The first-order valence-electron chi connectivity index (χ1n) is 7.00. The Morgan fingerprint density at radius 2 is 2.24 bits per heavy atom. The highest BCUT2D eigenvalue weighted by molar-refractivity contribution is 7.89. The van der Waals surface area contributed by atoms with Gasteiger partial charge in [-0.3, -0.25) is 4.90 Å². The fourth-order valence-electron chi connectivity index (χ4n) is 2.31. The Morgan fingerprint density at radius 3 is 2.86 bits per heavy atom. The fraction of sp³-hybridized carbons (Fsp3) is 0.571. The molecule has 1 fully saturated rings. The van der Waals surface area contributed by atoms with Crippen molar-refractivity contribution < 1.29 is 17.9 Å². The van der Waals surface area contributed by atoms with Crippen molar-refractivity contribution in [2.24, 2.45) is 5.14 Å². The van der Waals surface area contributed by atoms with Crippen molar-refractivity contribution in [2.45, 2.75) is 24.8 Å². The van der Waals surface area contributed by atoms with Gasteiger partial charge in [-0.05, 0) is 37.2 Å². The molecule has 6 nitrogen and oxygen atoms in total. The van der Waals surface area contributed by atoms with Crippen molar-refractivity contribution in [2.75, 3.05) is 32.8 Å². The number of primary sulfonamides is 1.